The summed E-state index contributed by atoms with van der Waals surface area (Å²) < 4.78 is 12.3. The van der Waals surface area contributed by atoms with Crippen LogP contribution in [0.2, 0.25) is 0 Å². The number of benzene rings is 3. The van der Waals surface area contributed by atoms with Gasteiger partial charge in [-0.15, -0.1) is 0 Å². The molecule has 26 heavy (non-hydrogen) atoms. The fourth-order valence-corrected chi connectivity index (χ4v) is 2.83. The Morgan fingerprint density at radius 3 is 1.81 bits per heavy atom. The molecule has 0 aromatic heterocycles. The van der Waals surface area contributed by atoms with E-state index in [1.807, 2.05) is 60.7 Å². The molecule has 0 aliphatic heterocycles. The zero-order chi connectivity index (χ0) is 18.2. The lowest BCUT2D eigenvalue weighted by Crippen LogP contribution is -2.26. The van der Waals surface area contributed by atoms with Gasteiger partial charge < -0.3 is 9.47 Å². The minimum absolute atomic E-state index is 0.380. The Bertz CT molecular complexity index is 725. The van der Waals surface area contributed by atoms with Crippen molar-refractivity contribution in [3.63, 3.8) is 0 Å². The van der Waals surface area contributed by atoms with Crippen LogP contribution in [0.4, 0.5) is 0 Å². The predicted molar refractivity (Wildman–Crippen MR) is 107 cm³/mol. The average molecular weight is 346 g/mol. The molecule has 3 aromatic carbocycles. The van der Waals surface area contributed by atoms with E-state index in [2.05, 4.69) is 38.1 Å². The van der Waals surface area contributed by atoms with Crippen molar-refractivity contribution in [1.82, 2.24) is 0 Å². The van der Waals surface area contributed by atoms with Crippen molar-refractivity contribution in [2.45, 2.75) is 38.9 Å². The molecule has 0 N–H and O–H groups in total. The van der Waals surface area contributed by atoms with Crippen LogP contribution in [0.15, 0.2) is 84.9 Å². The SMILES string of the molecule is CCC(C)c1ccc(OC(Cc2ccccc2)Oc2ccccc2)cc1. The molecule has 3 rings (SSSR count). The molecular formula is C24H26O2. The first kappa shape index (κ1) is 18.1. The second-order valence-corrected chi connectivity index (χ2v) is 6.55. The molecule has 0 fully saturated rings. The van der Waals surface area contributed by atoms with Gasteiger partial charge in [-0.25, -0.2) is 0 Å². The minimum Gasteiger partial charge on any atom is -0.455 e. The Balaban J connectivity index is 1.74. The highest BCUT2D eigenvalue weighted by molar-refractivity contribution is 5.30. The monoisotopic (exact) mass is 346 g/mol. The van der Waals surface area contributed by atoms with Gasteiger partial charge in [0.1, 0.15) is 11.5 Å². The number of ether oxygens (including phenoxy) is 2. The maximum Gasteiger partial charge on any atom is 0.245 e. The van der Waals surface area contributed by atoms with Gasteiger partial charge in [-0.3, -0.25) is 0 Å². The first-order chi connectivity index (χ1) is 12.7. The summed E-state index contributed by atoms with van der Waals surface area (Å²) in [4.78, 5) is 0. The van der Waals surface area contributed by atoms with Gasteiger partial charge in [0.15, 0.2) is 0 Å². The van der Waals surface area contributed by atoms with Gasteiger partial charge in [-0.1, -0.05) is 74.5 Å². The second-order valence-electron chi connectivity index (χ2n) is 6.55. The molecule has 2 heteroatoms. The predicted octanol–water partition coefficient (Wildman–Crippen LogP) is 6.23. The molecule has 0 aliphatic carbocycles. The smallest absolute Gasteiger partial charge is 0.245 e. The normalized spacial score (nSPS) is 13.0. The molecule has 2 unspecified atom stereocenters. The van der Waals surface area contributed by atoms with Crippen LogP contribution in [0.25, 0.3) is 0 Å². The van der Waals surface area contributed by atoms with E-state index in [0.717, 1.165) is 17.9 Å². The van der Waals surface area contributed by atoms with E-state index < -0.39 is 0 Å². The molecule has 2 nitrogen and oxygen atoms in total. The maximum absolute atomic E-state index is 6.17. The molecule has 0 heterocycles. The maximum atomic E-state index is 6.17. The van der Waals surface area contributed by atoms with E-state index in [1.165, 1.54) is 11.1 Å². The average Bonchev–Trinajstić information content (AvgIpc) is 2.69. The quantitative estimate of drug-likeness (QED) is 0.450. The Labute approximate surface area is 156 Å². The van der Waals surface area contributed by atoms with Crippen molar-refractivity contribution in [3.05, 3.63) is 96.1 Å². The molecule has 0 amide bonds. The third kappa shape index (κ3) is 5.13. The second kappa shape index (κ2) is 9.10. The van der Waals surface area contributed by atoms with Gasteiger partial charge in [-0.05, 0) is 47.7 Å². The van der Waals surface area contributed by atoms with Crippen molar-refractivity contribution >= 4 is 0 Å². The number of hydrogen-bond donors (Lipinski definition) is 0. The number of para-hydroxylation sites is 1. The summed E-state index contributed by atoms with van der Waals surface area (Å²) in [5.74, 6) is 2.20. The van der Waals surface area contributed by atoms with Gasteiger partial charge in [-0.2, -0.15) is 0 Å². The van der Waals surface area contributed by atoms with Gasteiger partial charge in [0.2, 0.25) is 6.29 Å². The lowest BCUT2D eigenvalue weighted by Gasteiger charge is -2.21. The van der Waals surface area contributed by atoms with Crippen molar-refractivity contribution in [3.8, 4) is 11.5 Å². The summed E-state index contributed by atoms with van der Waals surface area (Å²) in [6, 6.07) is 28.5. The van der Waals surface area contributed by atoms with Crippen LogP contribution in [-0.4, -0.2) is 6.29 Å². The molecule has 0 spiro atoms. The standard InChI is InChI=1S/C24H26O2/c1-3-19(2)21-14-16-23(17-15-21)26-24(18-20-10-6-4-7-11-20)25-22-12-8-5-9-13-22/h4-17,19,24H,3,18H2,1-2H3. The van der Waals surface area contributed by atoms with Gasteiger partial charge in [0.05, 0.1) is 0 Å². The Kier molecular flexibility index (Phi) is 6.32. The number of hydrogen-bond acceptors (Lipinski definition) is 2. The van der Waals surface area contributed by atoms with Crippen LogP contribution in [0.1, 0.15) is 37.3 Å². The molecule has 0 saturated carbocycles. The van der Waals surface area contributed by atoms with Crippen LogP contribution in [-0.2, 0) is 6.42 Å². The summed E-state index contributed by atoms with van der Waals surface area (Å²) in [6.07, 6.45) is 1.44. The van der Waals surface area contributed by atoms with Crippen LogP contribution < -0.4 is 9.47 Å². The van der Waals surface area contributed by atoms with Crippen LogP contribution >= 0.6 is 0 Å². The molecule has 3 aromatic rings. The summed E-state index contributed by atoms with van der Waals surface area (Å²) >= 11 is 0. The minimum atomic E-state index is -0.380. The molecule has 134 valence electrons. The Hall–Kier alpha value is -2.74. The molecule has 0 bridgehead atoms. The summed E-state index contributed by atoms with van der Waals surface area (Å²) in [7, 11) is 0. The van der Waals surface area contributed by atoms with E-state index >= 15 is 0 Å². The zero-order valence-corrected chi connectivity index (χ0v) is 15.5. The molecule has 0 radical (unpaired) electrons. The number of rotatable bonds is 8. The summed E-state index contributed by atoms with van der Waals surface area (Å²) in [5.41, 5.74) is 2.52. The first-order valence-electron chi connectivity index (χ1n) is 9.27. The van der Waals surface area contributed by atoms with Gasteiger partial charge in [0.25, 0.3) is 0 Å². The fourth-order valence-electron chi connectivity index (χ4n) is 2.83. The van der Waals surface area contributed by atoms with Crippen molar-refractivity contribution < 1.29 is 9.47 Å². The van der Waals surface area contributed by atoms with Crippen molar-refractivity contribution in [2.24, 2.45) is 0 Å². The van der Waals surface area contributed by atoms with Crippen LogP contribution in [0.5, 0.6) is 11.5 Å². The van der Waals surface area contributed by atoms with Crippen molar-refractivity contribution in [1.29, 1.82) is 0 Å². The Morgan fingerprint density at radius 1 is 0.692 bits per heavy atom. The van der Waals surface area contributed by atoms with Gasteiger partial charge >= 0.3 is 0 Å². The van der Waals surface area contributed by atoms with E-state index in [1.54, 1.807) is 0 Å². The van der Waals surface area contributed by atoms with E-state index in [9.17, 15) is 0 Å². The first-order valence-corrected chi connectivity index (χ1v) is 9.27. The topological polar surface area (TPSA) is 18.5 Å². The molecule has 0 aliphatic rings. The Morgan fingerprint density at radius 2 is 1.23 bits per heavy atom. The highest BCUT2D eigenvalue weighted by atomic mass is 16.7. The molecule has 2 atom stereocenters. The molecule has 0 saturated heterocycles. The lowest BCUT2D eigenvalue weighted by molar-refractivity contribution is 0.00663. The fraction of sp³-hybridized carbons (Fsp3) is 0.250. The summed E-state index contributed by atoms with van der Waals surface area (Å²) in [5, 5.41) is 0. The highest BCUT2D eigenvalue weighted by Crippen LogP contribution is 2.23. The van der Waals surface area contributed by atoms with E-state index in [0.29, 0.717) is 12.3 Å². The van der Waals surface area contributed by atoms with Gasteiger partial charge in [0, 0.05) is 6.42 Å². The summed E-state index contributed by atoms with van der Waals surface area (Å²) in [6.45, 7) is 4.45. The van der Waals surface area contributed by atoms with Crippen LogP contribution in [0.3, 0.4) is 0 Å². The van der Waals surface area contributed by atoms with E-state index in [-0.39, 0.29) is 6.29 Å². The third-order valence-corrected chi connectivity index (χ3v) is 4.58. The highest BCUT2D eigenvalue weighted by Gasteiger charge is 2.14. The molecular weight excluding hydrogens is 320 g/mol. The third-order valence-electron chi connectivity index (χ3n) is 4.58. The van der Waals surface area contributed by atoms with Crippen LogP contribution in [0, 0.1) is 0 Å². The van der Waals surface area contributed by atoms with E-state index in [4.69, 9.17) is 9.47 Å². The van der Waals surface area contributed by atoms with Crippen molar-refractivity contribution in [2.75, 3.05) is 0 Å². The largest absolute Gasteiger partial charge is 0.455 e. The lowest BCUT2D eigenvalue weighted by atomic mass is 9.99. The zero-order valence-electron chi connectivity index (χ0n) is 15.5.